The first kappa shape index (κ1) is 16.4. The van der Waals surface area contributed by atoms with Crippen molar-refractivity contribution in [2.24, 2.45) is 0 Å². The van der Waals surface area contributed by atoms with Crippen molar-refractivity contribution >= 4 is 5.91 Å². The van der Waals surface area contributed by atoms with Gasteiger partial charge in [0.2, 0.25) is 0 Å². The fourth-order valence-electron chi connectivity index (χ4n) is 2.53. The normalized spacial score (nSPS) is 10.3. The van der Waals surface area contributed by atoms with Crippen LogP contribution in [0.2, 0.25) is 0 Å². The van der Waals surface area contributed by atoms with Crippen molar-refractivity contribution in [1.29, 1.82) is 5.26 Å². The summed E-state index contributed by atoms with van der Waals surface area (Å²) in [7, 11) is 0. The molecule has 0 aliphatic rings. The zero-order valence-corrected chi connectivity index (χ0v) is 13.5. The van der Waals surface area contributed by atoms with Crippen LogP contribution < -0.4 is 5.32 Å². The Balaban J connectivity index is 1.77. The van der Waals surface area contributed by atoms with Gasteiger partial charge in [0.15, 0.2) is 0 Å². The number of hydrogen-bond acceptors (Lipinski definition) is 3. The van der Waals surface area contributed by atoms with Crippen LogP contribution in [0.25, 0.3) is 5.69 Å². The van der Waals surface area contributed by atoms with E-state index in [0.717, 1.165) is 5.56 Å². The Bertz CT molecular complexity index is 972. The SMILES string of the molecule is Cc1c(C(=O)NCc2cccc(C#N)c2)cnn1-c1ccccc1F. The summed E-state index contributed by atoms with van der Waals surface area (Å²) in [5, 5.41) is 15.8. The van der Waals surface area contributed by atoms with Gasteiger partial charge in [-0.3, -0.25) is 4.79 Å². The number of nitriles is 1. The maximum atomic E-state index is 13.9. The molecule has 0 unspecified atom stereocenters. The van der Waals surface area contributed by atoms with Crippen LogP contribution in [-0.4, -0.2) is 15.7 Å². The molecule has 0 saturated carbocycles. The first-order chi connectivity index (χ1) is 12.1. The summed E-state index contributed by atoms with van der Waals surface area (Å²) in [5.41, 5.74) is 2.58. The molecule has 0 aliphatic carbocycles. The van der Waals surface area contributed by atoms with Crippen molar-refractivity contribution < 1.29 is 9.18 Å². The molecule has 1 aromatic heterocycles. The third-order valence-electron chi connectivity index (χ3n) is 3.84. The lowest BCUT2D eigenvalue weighted by Crippen LogP contribution is -2.23. The van der Waals surface area contributed by atoms with Gasteiger partial charge in [0.25, 0.3) is 5.91 Å². The summed E-state index contributed by atoms with van der Waals surface area (Å²) in [6, 6.07) is 15.3. The van der Waals surface area contributed by atoms with Gasteiger partial charge < -0.3 is 5.32 Å². The fourth-order valence-corrected chi connectivity index (χ4v) is 2.53. The second-order valence-electron chi connectivity index (χ2n) is 5.50. The zero-order chi connectivity index (χ0) is 17.8. The van der Waals surface area contributed by atoms with E-state index in [1.54, 1.807) is 43.3 Å². The molecule has 1 N–H and O–H groups in total. The van der Waals surface area contributed by atoms with Crippen LogP contribution in [-0.2, 0) is 6.54 Å². The maximum Gasteiger partial charge on any atom is 0.255 e. The highest BCUT2D eigenvalue weighted by molar-refractivity contribution is 5.95. The molecule has 1 amide bonds. The second-order valence-corrected chi connectivity index (χ2v) is 5.50. The summed E-state index contributed by atoms with van der Waals surface area (Å²) in [6.07, 6.45) is 1.42. The smallest absolute Gasteiger partial charge is 0.255 e. The molecule has 0 atom stereocenters. The van der Waals surface area contributed by atoms with E-state index in [2.05, 4.69) is 16.5 Å². The monoisotopic (exact) mass is 334 g/mol. The van der Waals surface area contributed by atoms with Crippen LogP contribution in [0.4, 0.5) is 4.39 Å². The van der Waals surface area contributed by atoms with Crippen LogP contribution in [0.1, 0.15) is 27.2 Å². The van der Waals surface area contributed by atoms with E-state index in [9.17, 15) is 9.18 Å². The van der Waals surface area contributed by atoms with Crippen molar-refractivity contribution in [3.05, 3.63) is 82.9 Å². The Morgan fingerprint density at radius 1 is 1.28 bits per heavy atom. The van der Waals surface area contributed by atoms with Gasteiger partial charge in [0.1, 0.15) is 11.5 Å². The van der Waals surface area contributed by atoms with E-state index in [-0.39, 0.29) is 5.91 Å². The zero-order valence-electron chi connectivity index (χ0n) is 13.5. The molecule has 5 nitrogen and oxygen atoms in total. The summed E-state index contributed by atoms with van der Waals surface area (Å²) >= 11 is 0. The highest BCUT2D eigenvalue weighted by Crippen LogP contribution is 2.17. The molecule has 6 heteroatoms. The van der Waals surface area contributed by atoms with Gasteiger partial charge in [-0.05, 0) is 36.8 Å². The van der Waals surface area contributed by atoms with Crippen LogP contribution in [0.3, 0.4) is 0 Å². The Morgan fingerprint density at radius 3 is 2.84 bits per heavy atom. The van der Waals surface area contributed by atoms with Gasteiger partial charge in [-0.15, -0.1) is 0 Å². The number of carbonyl (C=O) groups is 1. The first-order valence-electron chi connectivity index (χ1n) is 7.67. The van der Waals surface area contributed by atoms with Gasteiger partial charge >= 0.3 is 0 Å². The molecule has 0 radical (unpaired) electrons. The van der Waals surface area contributed by atoms with Gasteiger partial charge in [0, 0.05) is 6.54 Å². The van der Waals surface area contributed by atoms with Crippen molar-refractivity contribution in [2.45, 2.75) is 13.5 Å². The minimum atomic E-state index is -0.408. The van der Waals surface area contributed by atoms with Crippen molar-refractivity contribution in [3.8, 4) is 11.8 Å². The minimum Gasteiger partial charge on any atom is -0.348 e. The highest BCUT2D eigenvalue weighted by atomic mass is 19.1. The van der Waals surface area contributed by atoms with Crippen LogP contribution >= 0.6 is 0 Å². The average Bonchev–Trinajstić information content (AvgIpc) is 3.01. The quantitative estimate of drug-likeness (QED) is 0.797. The van der Waals surface area contributed by atoms with Crippen LogP contribution in [0, 0.1) is 24.1 Å². The van der Waals surface area contributed by atoms with E-state index in [0.29, 0.717) is 29.1 Å². The van der Waals surface area contributed by atoms with Gasteiger partial charge in [0.05, 0.1) is 29.1 Å². The summed E-state index contributed by atoms with van der Waals surface area (Å²) in [4.78, 5) is 12.4. The Hall–Kier alpha value is -3.46. The van der Waals surface area contributed by atoms with Gasteiger partial charge in [-0.1, -0.05) is 24.3 Å². The lowest BCUT2D eigenvalue weighted by atomic mass is 10.1. The van der Waals surface area contributed by atoms with Crippen LogP contribution in [0.5, 0.6) is 0 Å². The van der Waals surface area contributed by atoms with E-state index in [1.165, 1.54) is 16.9 Å². The topological polar surface area (TPSA) is 70.7 Å². The Kier molecular flexibility index (Phi) is 4.57. The van der Waals surface area contributed by atoms with Gasteiger partial charge in [-0.2, -0.15) is 10.4 Å². The van der Waals surface area contributed by atoms with Crippen molar-refractivity contribution in [2.75, 3.05) is 0 Å². The standard InChI is InChI=1S/C19H15FN4O/c1-13-16(12-23-24(13)18-8-3-2-7-17(18)20)19(25)22-11-15-6-4-5-14(9-15)10-21/h2-9,12H,11H2,1H3,(H,22,25). The maximum absolute atomic E-state index is 13.9. The number of halogens is 1. The molecular weight excluding hydrogens is 319 g/mol. The minimum absolute atomic E-state index is 0.290. The number of amides is 1. The number of nitrogens with one attached hydrogen (secondary N) is 1. The number of benzene rings is 2. The first-order valence-corrected chi connectivity index (χ1v) is 7.67. The van der Waals surface area contributed by atoms with E-state index >= 15 is 0 Å². The predicted octanol–water partition coefficient (Wildman–Crippen LogP) is 3.12. The molecule has 0 fully saturated rings. The lowest BCUT2D eigenvalue weighted by molar-refractivity contribution is 0.0950. The summed E-state index contributed by atoms with van der Waals surface area (Å²) in [5.74, 6) is -0.712. The molecule has 0 saturated heterocycles. The largest absolute Gasteiger partial charge is 0.348 e. The molecule has 3 aromatic rings. The summed E-state index contributed by atoms with van der Waals surface area (Å²) < 4.78 is 15.3. The molecular formula is C19H15FN4O. The molecule has 0 aliphatic heterocycles. The number of carbonyl (C=O) groups excluding carboxylic acids is 1. The number of aromatic nitrogens is 2. The van der Waals surface area contributed by atoms with Gasteiger partial charge in [-0.25, -0.2) is 9.07 Å². The van der Waals surface area contributed by atoms with Crippen molar-refractivity contribution in [3.63, 3.8) is 0 Å². The van der Waals surface area contributed by atoms with Crippen molar-refractivity contribution in [1.82, 2.24) is 15.1 Å². The summed E-state index contributed by atoms with van der Waals surface area (Å²) in [6.45, 7) is 2.00. The molecule has 3 rings (SSSR count). The molecule has 25 heavy (non-hydrogen) atoms. The molecule has 2 aromatic carbocycles. The number of rotatable bonds is 4. The highest BCUT2D eigenvalue weighted by Gasteiger charge is 2.16. The second kappa shape index (κ2) is 6.97. The number of hydrogen-bond donors (Lipinski definition) is 1. The van der Waals surface area contributed by atoms with Crippen LogP contribution in [0.15, 0.2) is 54.7 Å². The molecule has 1 heterocycles. The van der Waals surface area contributed by atoms with E-state index < -0.39 is 5.82 Å². The number of nitrogens with zero attached hydrogens (tertiary/aromatic N) is 3. The Morgan fingerprint density at radius 2 is 2.08 bits per heavy atom. The lowest BCUT2D eigenvalue weighted by Gasteiger charge is -2.07. The molecule has 0 spiro atoms. The predicted molar refractivity (Wildman–Crippen MR) is 90.6 cm³/mol. The van der Waals surface area contributed by atoms with E-state index in [4.69, 9.17) is 5.26 Å². The molecule has 124 valence electrons. The average molecular weight is 334 g/mol. The number of para-hydroxylation sites is 1. The Labute approximate surface area is 144 Å². The fraction of sp³-hybridized carbons (Fsp3) is 0.105. The molecule has 0 bridgehead atoms. The van der Waals surface area contributed by atoms with E-state index in [1.807, 2.05) is 6.07 Å². The third kappa shape index (κ3) is 3.40. The third-order valence-corrected chi connectivity index (χ3v) is 3.84.